The van der Waals surface area contributed by atoms with Gasteiger partial charge in [-0.3, -0.25) is 0 Å². The number of nitrogen functional groups attached to an aromatic ring is 1. The summed E-state index contributed by atoms with van der Waals surface area (Å²) in [5, 5.41) is 22.0. The second kappa shape index (κ2) is 8.29. The van der Waals surface area contributed by atoms with Crippen LogP contribution in [0.5, 0.6) is 5.75 Å². The molecule has 4 rings (SSSR count). The van der Waals surface area contributed by atoms with Gasteiger partial charge in [0, 0.05) is 17.3 Å². The van der Waals surface area contributed by atoms with Crippen LogP contribution in [0.3, 0.4) is 0 Å². The van der Waals surface area contributed by atoms with Crippen molar-refractivity contribution in [1.29, 1.82) is 5.26 Å². The van der Waals surface area contributed by atoms with Crippen molar-refractivity contribution in [3.05, 3.63) is 75.0 Å². The molecule has 0 radical (unpaired) electrons. The molecule has 1 aromatic heterocycles. The summed E-state index contributed by atoms with van der Waals surface area (Å²) in [6.45, 7) is 0. The van der Waals surface area contributed by atoms with Crippen LogP contribution in [0.25, 0.3) is 27.6 Å². The number of aromatic nitrogens is 1. The van der Waals surface area contributed by atoms with Gasteiger partial charge in [0.05, 0.1) is 39.1 Å². The molecule has 9 heteroatoms. The van der Waals surface area contributed by atoms with Gasteiger partial charge in [-0.25, -0.2) is 4.79 Å². The lowest BCUT2D eigenvalue weighted by atomic mass is 9.95. The molecular formula is C23H14Cl3N3O3. The van der Waals surface area contributed by atoms with Gasteiger partial charge in [-0.1, -0.05) is 65.1 Å². The Morgan fingerprint density at radius 1 is 1.16 bits per heavy atom. The molecule has 0 saturated carbocycles. The van der Waals surface area contributed by atoms with Crippen molar-refractivity contribution < 1.29 is 14.6 Å². The van der Waals surface area contributed by atoms with E-state index >= 15 is 0 Å². The van der Waals surface area contributed by atoms with Crippen LogP contribution in [-0.4, -0.2) is 22.8 Å². The molecule has 0 atom stereocenters. The standard InChI is InChI=1S/C23H14Cl3N3O3/c1-32-23(31)22-20(28)12(9-27)10-29(22)21-14(8-15(24)18(25)19(21)26)17-13-5-3-2-4-11(13)6-7-16(17)30/h2-8,10,30H,28H2,1H3. The fourth-order valence-electron chi connectivity index (χ4n) is 3.65. The number of esters is 1. The van der Waals surface area contributed by atoms with Crippen molar-refractivity contribution in [3.8, 4) is 28.6 Å². The third-order valence-electron chi connectivity index (χ3n) is 5.10. The van der Waals surface area contributed by atoms with E-state index in [1.54, 1.807) is 12.1 Å². The molecule has 0 aliphatic heterocycles. The molecule has 0 aliphatic rings. The number of carbonyl (C=O) groups is 1. The quantitative estimate of drug-likeness (QED) is 0.265. The summed E-state index contributed by atoms with van der Waals surface area (Å²) in [5.74, 6) is -0.820. The molecule has 0 fully saturated rings. The number of nitriles is 1. The van der Waals surface area contributed by atoms with E-state index in [0.717, 1.165) is 5.39 Å². The van der Waals surface area contributed by atoms with E-state index in [0.29, 0.717) is 16.5 Å². The van der Waals surface area contributed by atoms with Crippen molar-refractivity contribution in [3.63, 3.8) is 0 Å². The number of rotatable bonds is 3. The maximum absolute atomic E-state index is 12.6. The smallest absolute Gasteiger partial charge is 0.357 e. The molecule has 0 bridgehead atoms. The molecule has 160 valence electrons. The zero-order valence-electron chi connectivity index (χ0n) is 16.5. The van der Waals surface area contributed by atoms with E-state index in [2.05, 4.69) is 0 Å². The lowest BCUT2D eigenvalue weighted by molar-refractivity contribution is 0.0593. The first-order valence-corrected chi connectivity index (χ1v) is 10.3. The fourth-order valence-corrected chi connectivity index (χ4v) is 4.34. The van der Waals surface area contributed by atoms with Crippen LogP contribution in [0.4, 0.5) is 5.69 Å². The number of fused-ring (bicyclic) bond motifs is 1. The van der Waals surface area contributed by atoms with Crippen molar-refractivity contribution in [2.24, 2.45) is 0 Å². The van der Waals surface area contributed by atoms with Crippen LogP contribution in [0.15, 0.2) is 48.7 Å². The lowest BCUT2D eigenvalue weighted by Gasteiger charge is -2.19. The van der Waals surface area contributed by atoms with Gasteiger partial charge in [0.15, 0.2) is 5.69 Å². The Bertz CT molecular complexity index is 1450. The molecule has 3 aromatic carbocycles. The number of hydrogen-bond donors (Lipinski definition) is 2. The molecule has 0 amide bonds. The number of phenolic OH excluding ortho intramolecular Hbond substituents is 1. The molecular weight excluding hydrogens is 473 g/mol. The third-order valence-corrected chi connectivity index (χ3v) is 6.35. The van der Waals surface area contributed by atoms with Gasteiger partial charge in [-0.2, -0.15) is 5.26 Å². The summed E-state index contributed by atoms with van der Waals surface area (Å²) < 4.78 is 6.20. The van der Waals surface area contributed by atoms with Gasteiger partial charge in [0.1, 0.15) is 11.8 Å². The maximum Gasteiger partial charge on any atom is 0.357 e. The Morgan fingerprint density at radius 3 is 2.56 bits per heavy atom. The molecule has 0 unspecified atom stereocenters. The number of phenols is 1. The first-order valence-electron chi connectivity index (χ1n) is 9.18. The summed E-state index contributed by atoms with van der Waals surface area (Å²) in [6.07, 6.45) is 1.36. The Kier molecular flexibility index (Phi) is 5.66. The molecule has 0 saturated heterocycles. The zero-order valence-corrected chi connectivity index (χ0v) is 18.8. The third kappa shape index (κ3) is 3.32. The molecule has 32 heavy (non-hydrogen) atoms. The Morgan fingerprint density at radius 2 is 1.88 bits per heavy atom. The highest BCUT2D eigenvalue weighted by Crippen LogP contribution is 2.47. The summed E-state index contributed by atoms with van der Waals surface area (Å²) in [6, 6.07) is 14.2. The van der Waals surface area contributed by atoms with E-state index in [9.17, 15) is 15.2 Å². The number of aromatic hydroxyl groups is 1. The molecule has 0 aliphatic carbocycles. The molecule has 3 N–H and O–H groups in total. The Balaban J connectivity index is 2.20. The van der Waals surface area contributed by atoms with E-state index in [-0.39, 0.29) is 43.4 Å². The number of ether oxygens (including phenoxy) is 1. The van der Waals surface area contributed by atoms with Gasteiger partial charge in [-0.05, 0) is 22.9 Å². The second-order valence-corrected chi connectivity index (χ2v) is 8.00. The predicted molar refractivity (Wildman–Crippen MR) is 126 cm³/mol. The maximum atomic E-state index is 12.6. The number of anilines is 1. The molecule has 1 heterocycles. The van der Waals surface area contributed by atoms with Crippen molar-refractivity contribution in [2.45, 2.75) is 0 Å². The minimum atomic E-state index is -0.778. The first kappa shape index (κ1) is 21.8. The van der Waals surface area contributed by atoms with Crippen LogP contribution in [0.2, 0.25) is 15.1 Å². The van der Waals surface area contributed by atoms with Crippen molar-refractivity contribution >= 4 is 57.2 Å². The molecule has 6 nitrogen and oxygen atoms in total. The van der Waals surface area contributed by atoms with E-state index in [1.807, 2.05) is 30.3 Å². The van der Waals surface area contributed by atoms with E-state index in [4.69, 9.17) is 45.3 Å². The monoisotopic (exact) mass is 485 g/mol. The SMILES string of the molecule is COC(=O)c1c(N)c(C#N)cn1-c1c(-c2c(O)ccc3ccccc23)cc(Cl)c(Cl)c1Cl. The largest absolute Gasteiger partial charge is 0.507 e. The average Bonchev–Trinajstić information content (AvgIpc) is 3.12. The Labute approximate surface area is 197 Å². The number of hydrogen-bond acceptors (Lipinski definition) is 5. The van der Waals surface area contributed by atoms with Gasteiger partial charge in [-0.15, -0.1) is 0 Å². The fraction of sp³-hybridized carbons (Fsp3) is 0.0435. The number of carbonyl (C=O) groups excluding carboxylic acids is 1. The highest BCUT2D eigenvalue weighted by atomic mass is 35.5. The first-order chi connectivity index (χ1) is 15.3. The highest BCUT2D eigenvalue weighted by molar-refractivity contribution is 6.49. The summed E-state index contributed by atoms with van der Waals surface area (Å²) in [5.41, 5.74) is 6.93. The summed E-state index contributed by atoms with van der Waals surface area (Å²) >= 11 is 19.3. The van der Waals surface area contributed by atoms with Crippen LogP contribution < -0.4 is 5.73 Å². The lowest BCUT2D eigenvalue weighted by Crippen LogP contribution is -2.12. The van der Waals surface area contributed by atoms with Crippen LogP contribution in [0.1, 0.15) is 16.1 Å². The number of nitrogens with two attached hydrogens (primary N) is 1. The average molecular weight is 487 g/mol. The van der Waals surface area contributed by atoms with Crippen LogP contribution >= 0.6 is 34.8 Å². The normalized spacial score (nSPS) is 10.8. The van der Waals surface area contributed by atoms with Gasteiger partial charge >= 0.3 is 5.97 Å². The molecule has 4 aromatic rings. The van der Waals surface area contributed by atoms with Crippen LogP contribution in [-0.2, 0) is 4.74 Å². The summed E-state index contributed by atoms with van der Waals surface area (Å²) in [7, 11) is 1.19. The zero-order chi connectivity index (χ0) is 23.2. The minimum absolute atomic E-state index is 0.00569. The van der Waals surface area contributed by atoms with Gasteiger partial charge < -0.3 is 20.1 Å². The van der Waals surface area contributed by atoms with Gasteiger partial charge in [0.2, 0.25) is 0 Å². The van der Waals surface area contributed by atoms with Crippen molar-refractivity contribution in [2.75, 3.05) is 12.8 Å². The second-order valence-electron chi connectivity index (χ2n) is 6.84. The minimum Gasteiger partial charge on any atom is -0.507 e. The van der Waals surface area contributed by atoms with Crippen LogP contribution in [0, 0.1) is 11.3 Å². The number of benzene rings is 3. The van der Waals surface area contributed by atoms with Crippen molar-refractivity contribution in [1.82, 2.24) is 4.57 Å². The summed E-state index contributed by atoms with van der Waals surface area (Å²) in [4.78, 5) is 12.6. The number of halogens is 3. The topological polar surface area (TPSA) is 101 Å². The van der Waals surface area contributed by atoms with E-state index < -0.39 is 5.97 Å². The number of nitrogens with zero attached hydrogens (tertiary/aromatic N) is 2. The van der Waals surface area contributed by atoms with E-state index in [1.165, 1.54) is 23.9 Å². The van der Waals surface area contributed by atoms with Gasteiger partial charge in [0.25, 0.3) is 0 Å². The number of methoxy groups -OCH3 is 1. The Hall–Kier alpha value is -3.37. The highest BCUT2D eigenvalue weighted by Gasteiger charge is 2.28. The predicted octanol–water partition coefficient (Wildman–Crippen LogP) is 6.20. The molecule has 0 spiro atoms.